The van der Waals surface area contributed by atoms with Gasteiger partial charge in [0.25, 0.3) is 0 Å². The minimum Gasteiger partial charge on any atom is -0.378 e. The zero-order valence-corrected chi connectivity index (χ0v) is 29.3. The second kappa shape index (κ2) is 11.4. The number of pyridine rings is 1. The molecule has 5 heteroatoms. The van der Waals surface area contributed by atoms with Crippen molar-refractivity contribution >= 4 is 44.4 Å². The summed E-state index contributed by atoms with van der Waals surface area (Å²) >= 11 is 0. The molecule has 0 bridgehead atoms. The molecule has 244 valence electrons. The molecule has 0 saturated heterocycles. The lowest BCUT2D eigenvalue weighted by Gasteiger charge is -2.30. The molecular formula is C44H43N4O+. The van der Waals surface area contributed by atoms with Gasteiger partial charge in [-0.2, -0.15) is 4.58 Å². The van der Waals surface area contributed by atoms with Crippen molar-refractivity contribution in [2.75, 3.05) is 18.0 Å². The first kappa shape index (κ1) is 31.0. The van der Waals surface area contributed by atoms with E-state index in [-0.39, 0.29) is 16.6 Å². The molecule has 3 heterocycles. The van der Waals surface area contributed by atoms with Crippen LogP contribution >= 0.6 is 0 Å². The van der Waals surface area contributed by atoms with Crippen molar-refractivity contribution in [3.8, 4) is 0 Å². The lowest BCUT2D eigenvalue weighted by atomic mass is 9.75. The highest BCUT2D eigenvalue weighted by Gasteiger charge is 2.48. The van der Waals surface area contributed by atoms with E-state index in [0.717, 1.165) is 47.0 Å². The number of anilines is 1. The summed E-state index contributed by atoms with van der Waals surface area (Å²) in [6.07, 6.45) is 6.13. The quantitative estimate of drug-likeness (QED) is 0.142. The number of allylic oxidation sites excluding steroid dienone is 5. The zero-order chi connectivity index (χ0) is 34.1. The highest BCUT2D eigenvalue weighted by molar-refractivity contribution is 6.25. The van der Waals surface area contributed by atoms with Crippen LogP contribution < -0.4 is 10.2 Å². The fourth-order valence-corrected chi connectivity index (χ4v) is 8.55. The number of ketones is 1. The SMILES string of the molecule is CCN1/C(=C/C2=C(NCc3ccccn3)C(=C/C3=[N+](CC)c4ccc5ccccc5c4C3(C)C)/C2=O)C(C)(C)c2c1ccc1ccccc21. The molecule has 4 aromatic carbocycles. The molecule has 0 unspecified atom stereocenters. The number of rotatable bonds is 7. The van der Waals surface area contributed by atoms with Crippen LogP contribution in [0, 0.1) is 0 Å². The number of likely N-dealkylation sites (N-methyl/N-ethyl adjacent to an activating group) is 1. The predicted molar refractivity (Wildman–Crippen MR) is 202 cm³/mol. The number of fused-ring (bicyclic) bond motifs is 6. The number of carbonyl (C=O) groups is 1. The van der Waals surface area contributed by atoms with Crippen LogP contribution in [-0.4, -0.2) is 34.1 Å². The van der Waals surface area contributed by atoms with Gasteiger partial charge in [0.05, 0.1) is 28.9 Å². The molecule has 49 heavy (non-hydrogen) atoms. The van der Waals surface area contributed by atoms with Crippen LogP contribution in [-0.2, 0) is 22.2 Å². The zero-order valence-electron chi connectivity index (χ0n) is 29.3. The maximum Gasteiger partial charge on any atom is 0.210 e. The van der Waals surface area contributed by atoms with Crippen LogP contribution in [0.1, 0.15) is 58.4 Å². The number of carbonyl (C=O) groups excluding carboxylic acids is 1. The van der Waals surface area contributed by atoms with Gasteiger partial charge in [0.1, 0.15) is 6.54 Å². The van der Waals surface area contributed by atoms with Crippen LogP contribution in [0.4, 0.5) is 11.4 Å². The molecule has 1 N–H and O–H groups in total. The molecule has 3 aliphatic rings. The van der Waals surface area contributed by atoms with E-state index in [1.54, 1.807) is 0 Å². The summed E-state index contributed by atoms with van der Waals surface area (Å²) in [5.74, 6) is 0.0730. The van der Waals surface area contributed by atoms with Crippen molar-refractivity contribution < 1.29 is 9.37 Å². The fraction of sp³-hybridized carbons (Fsp3) is 0.250. The van der Waals surface area contributed by atoms with E-state index < -0.39 is 0 Å². The predicted octanol–water partition coefficient (Wildman–Crippen LogP) is 9.04. The molecule has 0 fully saturated rings. The molecule has 0 amide bonds. The molecule has 0 saturated carbocycles. The first-order valence-corrected chi connectivity index (χ1v) is 17.5. The minimum absolute atomic E-state index is 0.0730. The Bertz CT molecular complexity index is 2320. The smallest absolute Gasteiger partial charge is 0.210 e. The van der Waals surface area contributed by atoms with E-state index in [2.05, 4.69) is 146 Å². The average Bonchev–Trinajstić information content (AvgIpc) is 3.48. The summed E-state index contributed by atoms with van der Waals surface area (Å²) in [4.78, 5) is 21.4. The van der Waals surface area contributed by atoms with Gasteiger partial charge in [0.2, 0.25) is 5.69 Å². The summed E-state index contributed by atoms with van der Waals surface area (Å²) in [5.41, 5.74) is 10.0. The Hall–Kier alpha value is -5.29. The summed E-state index contributed by atoms with van der Waals surface area (Å²) < 4.78 is 2.38. The van der Waals surface area contributed by atoms with Crippen LogP contribution in [0.5, 0.6) is 0 Å². The topological polar surface area (TPSA) is 48.2 Å². The van der Waals surface area contributed by atoms with E-state index in [9.17, 15) is 4.79 Å². The van der Waals surface area contributed by atoms with Crippen LogP contribution in [0.25, 0.3) is 21.5 Å². The highest BCUT2D eigenvalue weighted by atomic mass is 16.1. The Morgan fingerprint density at radius 3 is 2.12 bits per heavy atom. The molecule has 5 aromatic rings. The van der Waals surface area contributed by atoms with Crippen LogP contribution in [0.2, 0.25) is 0 Å². The Morgan fingerprint density at radius 1 is 0.776 bits per heavy atom. The molecule has 0 radical (unpaired) electrons. The van der Waals surface area contributed by atoms with Gasteiger partial charge in [-0.25, -0.2) is 0 Å². The monoisotopic (exact) mass is 643 g/mol. The van der Waals surface area contributed by atoms with Gasteiger partial charge < -0.3 is 10.2 Å². The largest absolute Gasteiger partial charge is 0.378 e. The number of aromatic nitrogens is 1. The van der Waals surface area contributed by atoms with Crippen molar-refractivity contribution in [3.05, 3.63) is 149 Å². The normalized spacial score (nSPS) is 19.3. The van der Waals surface area contributed by atoms with E-state index in [1.165, 1.54) is 44.0 Å². The molecule has 0 spiro atoms. The molecular weight excluding hydrogens is 601 g/mol. The van der Waals surface area contributed by atoms with E-state index in [0.29, 0.717) is 6.54 Å². The average molecular weight is 644 g/mol. The maximum absolute atomic E-state index is 14.5. The number of nitrogens with one attached hydrogen (secondary N) is 1. The molecule has 1 aromatic heterocycles. The van der Waals surface area contributed by atoms with Crippen LogP contribution in [0.15, 0.2) is 132 Å². The lowest BCUT2D eigenvalue weighted by molar-refractivity contribution is -0.433. The third-order valence-corrected chi connectivity index (χ3v) is 10.9. The summed E-state index contributed by atoms with van der Waals surface area (Å²) in [6.45, 7) is 15.7. The Morgan fingerprint density at radius 2 is 1.45 bits per heavy atom. The van der Waals surface area contributed by atoms with Gasteiger partial charge >= 0.3 is 0 Å². The number of hydrogen-bond acceptors (Lipinski definition) is 4. The van der Waals surface area contributed by atoms with Crippen molar-refractivity contribution in [2.45, 2.75) is 58.9 Å². The third-order valence-electron chi connectivity index (χ3n) is 10.9. The Labute approximate surface area is 289 Å². The van der Waals surface area contributed by atoms with Crippen molar-refractivity contribution in [3.63, 3.8) is 0 Å². The molecule has 5 nitrogen and oxygen atoms in total. The van der Waals surface area contributed by atoms with Gasteiger partial charge in [0, 0.05) is 52.8 Å². The number of Topliss-reactive ketones (excluding diaryl/α,β-unsaturated/α-hetero) is 1. The number of nitrogens with zero attached hydrogens (tertiary/aromatic N) is 3. The van der Waals surface area contributed by atoms with E-state index in [1.807, 2.05) is 24.4 Å². The van der Waals surface area contributed by atoms with Gasteiger partial charge in [-0.3, -0.25) is 9.78 Å². The van der Waals surface area contributed by atoms with Gasteiger partial charge in [-0.05, 0) is 85.1 Å². The second-order valence-corrected chi connectivity index (χ2v) is 14.4. The highest BCUT2D eigenvalue weighted by Crippen LogP contribution is 2.52. The third kappa shape index (κ3) is 4.63. The van der Waals surface area contributed by atoms with Gasteiger partial charge in [-0.1, -0.05) is 74.5 Å². The van der Waals surface area contributed by atoms with Crippen LogP contribution in [0.3, 0.4) is 0 Å². The molecule has 8 rings (SSSR count). The van der Waals surface area contributed by atoms with Gasteiger partial charge in [0.15, 0.2) is 11.5 Å². The summed E-state index contributed by atoms with van der Waals surface area (Å²) in [7, 11) is 0. The van der Waals surface area contributed by atoms with Crippen molar-refractivity contribution in [1.29, 1.82) is 0 Å². The summed E-state index contributed by atoms with van der Waals surface area (Å²) in [5, 5.41) is 8.67. The van der Waals surface area contributed by atoms with Crippen molar-refractivity contribution in [2.24, 2.45) is 0 Å². The fourth-order valence-electron chi connectivity index (χ4n) is 8.55. The van der Waals surface area contributed by atoms with E-state index in [4.69, 9.17) is 0 Å². The van der Waals surface area contributed by atoms with Gasteiger partial charge in [-0.15, -0.1) is 0 Å². The lowest BCUT2D eigenvalue weighted by Crippen LogP contribution is -2.36. The number of hydrogen-bond donors (Lipinski definition) is 1. The summed E-state index contributed by atoms with van der Waals surface area (Å²) in [6, 6.07) is 32.1. The second-order valence-electron chi connectivity index (χ2n) is 14.4. The Balaban J connectivity index is 1.28. The molecule has 2 aliphatic heterocycles. The first-order chi connectivity index (χ1) is 23.7. The molecule has 0 atom stereocenters. The molecule has 1 aliphatic carbocycles. The standard InChI is InChI=1S/C44H42N4O/c1-7-47-35-22-20-28-15-9-11-18-31(28)39(35)43(3,4)37(47)25-33-41(46-27-30-17-13-14-24-45-30)34(42(33)49)26-38-44(5,6)40-32-19-12-10-16-29(32)21-23-36(40)48(38)8-2/h9-26H,7-8,27H2,1-6H3/p+1. The van der Waals surface area contributed by atoms with E-state index >= 15 is 0 Å². The van der Waals surface area contributed by atoms with Crippen molar-refractivity contribution in [1.82, 2.24) is 10.3 Å². The number of benzene rings is 4. The maximum atomic E-state index is 14.5. The Kier molecular flexibility index (Phi) is 7.22. The minimum atomic E-state index is -0.297. The first-order valence-electron chi connectivity index (χ1n) is 17.5.